The normalized spacial score (nSPS) is 9.44. The monoisotopic (exact) mass is 245 g/mol. The van der Waals surface area contributed by atoms with Gasteiger partial charge in [-0.05, 0) is 19.5 Å². The second-order valence-corrected chi connectivity index (χ2v) is 3.16. The Morgan fingerprint density at radius 2 is 2.00 bits per heavy atom. The molecule has 0 aliphatic rings. The van der Waals surface area contributed by atoms with Crippen LogP contribution in [0.5, 0.6) is 11.5 Å². The molecule has 1 aromatic carbocycles. The maximum absolute atomic E-state index is 5.59. The van der Waals surface area contributed by atoms with Crippen molar-refractivity contribution in [2.45, 2.75) is 20.4 Å². The van der Waals surface area contributed by atoms with E-state index in [4.69, 9.17) is 9.47 Å². The molecule has 1 aromatic rings. The van der Waals surface area contributed by atoms with Gasteiger partial charge in [-0.15, -0.1) is 12.4 Å². The van der Waals surface area contributed by atoms with Crippen molar-refractivity contribution < 1.29 is 9.47 Å². The molecule has 0 heterocycles. The molecule has 0 unspecified atom stereocenters. The molecule has 0 atom stereocenters. The summed E-state index contributed by atoms with van der Waals surface area (Å²) in [7, 11) is 1.66. The van der Waals surface area contributed by atoms with Gasteiger partial charge in [0.25, 0.3) is 0 Å². The van der Waals surface area contributed by atoms with Gasteiger partial charge in [-0.3, -0.25) is 0 Å². The Morgan fingerprint density at radius 3 is 2.56 bits per heavy atom. The fourth-order valence-corrected chi connectivity index (χ4v) is 1.43. The van der Waals surface area contributed by atoms with Crippen LogP contribution in [0.3, 0.4) is 0 Å². The first-order valence-corrected chi connectivity index (χ1v) is 5.32. The van der Waals surface area contributed by atoms with E-state index in [-0.39, 0.29) is 12.4 Å². The summed E-state index contributed by atoms with van der Waals surface area (Å²) in [6.45, 7) is 6.47. The highest BCUT2D eigenvalue weighted by Crippen LogP contribution is 2.30. The van der Waals surface area contributed by atoms with Crippen LogP contribution in [0.4, 0.5) is 0 Å². The van der Waals surface area contributed by atoms with Gasteiger partial charge in [-0.1, -0.05) is 19.1 Å². The highest BCUT2D eigenvalue weighted by Gasteiger charge is 2.08. The highest BCUT2D eigenvalue weighted by atomic mass is 35.5. The summed E-state index contributed by atoms with van der Waals surface area (Å²) in [5.41, 5.74) is 1.14. The van der Waals surface area contributed by atoms with Crippen molar-refractivity contribution in [3.8, 4) is 11.5 Å². The largest absolute Gasteiger partial charge is 0.493 e. The van der Waals surface area contributed by atoms with Gasteiger partial charge >= 0.3 is 0 Å². The van der Waals surface area contributed by atoms with Crippen LogP contribution >= 0.6 is 12.4 Å². The molecule has 1 N–H and O–H groups in total. The SMILES string of the molecule is CCNCc1cccc(OC)c1OCC.Cl. The number of rotatable bonds is 6. The van der Waals surface area contributed by atoms with Crippen molar-refractivity contribution in [2.24, 2.45) is 0 Å². The number of ether oxygens (including phenoxy) is 2. The van der Waals surface area contributed by atoms with E-state index >= 15 is 0 Å². The molecule has 4 heteroatoms. The van der Waals surface area contributed by atoms with Crippen molar-refractivity contribution in [1.29, 1.82) is 0 Å². The summed E-state index contributed by atoms with van der Waals surface area (Å²) < 4.78 is 10.9. The van der Waals surface area contributed by atoms with Gasteiger partial charge in [0.15, 0.2) is 11.5 Å². The van der Waals surface area contributed by atoms with Gasteiger partial charge in [-0.25, -0.2) is 0 Å². The Labute approximate surface area is 104 Å². The molecule has 0 aliphatic heterocycles. The summed E-state index contributed by atoms with van der Waals surface area (Å²) in [4.78, 5) is 0. The molecule has 3 nitrogen and oxygen atoms in total. The third kappa shape index (κ3) is 3.91. The number of nitrogens with one attached hydrogen (secondary N) is 1. The van der Waals surface area contributed by atoms with E-state index in [1.54, 1.807) is 7.11 Å². The van der Waals surface area contributed by atoms with Gasteiger partial charge < -0.3 is 14.8 Å². The topological polar surface area (TPSA) is 30.5 Å². The molecule has 16 heavy (non-hydrogen) atoms. The fraction of sp³-hybridized carbons (Fsp3) is 0.500. The van der Waals surface area contributed by atoms with Crippen LogP contribution in [0.2, 0.25) is 0 Å². The predicted octanol–water partition coefficient (Wildman–Crippen LogP) is 2.63. The van der Waals surface area contributed by atoms with Crippen LogP contribution in [0, 0.1) is 0 Å². The lowest BCUT2D eigenvalue weighted by atomic mass is 10.2. The first-order chi connectivity index (χ1) is 7.33. The molecule has 0 radical (unpaired) electrons. The zero-order valence-corrected chi connectivity index (χ0v) is 10.9. The molecule has 0 saturated heterocycles. The lowest BCUT2D eigenvalue weighted by molar-refractivity contribution is 0.307. The van der Waals surface area contributed by atoms with Crippen molar-refractivity contribution in [2.75, 3.05) is 20.3 Å². The lowest BCUT2D eigenvalue weighted by Gasteiger charge is -2.14. The molecular weight excluding hydrogens is 226 g/mol. The van der Waals surface area contributed by atoms with E-state index in [1.165, 1.54) is 0 Å². The van der Waals surface area contributed by atoms with Crippen LogP contribution in [0.25, 0.3) is 0 Å². The molecule has 1 rings (SSSR count). The number of hydrogen-bond acceptors (Lipinski definition) is 3. The molecule has 0 amide bonds. The van der Waals surface area contributed by atoms with E-state index in [2.05, 4.69) is 18.3 Å². The Morgan fingerprint density at radius 1 is 1.25 bits per heavy atom. The smallest absolute Gasteiger partial charge is 0.165 e. The van der Waals surface area contributed by atoms with Crippen LogP contribution in [0.1, 0.15) is 19.4 Å². The van der Waals surface area contributed by atoms with Gasteiger partial charge in [0.05, 0.1) is 13.7 Å². The number of hydrogen-bond donors (Lipinski definition) is 1. The summed E-state index contributed by atoms with van der Waals surface area (Å²) in [6.07, 6.45) is 0. The Bertz CT molecular complexity index is 305. The molecule has 0 spiro atoms. The lowest BCUT2D eigenvalue weighted by Crippen LogP contribution is -2.13. The molecule has 0 aromatic heterocycles. The summed E-state index contributed by atoms with van der Waals surface area (Å²) >= 11 is 0. The summed E-state index contributed by atoms with van der Waals surface area (Å²) in [6, 6.07) is 5.95. The van der Waals surface area contributed by atoms with Crippen molar-refractivity contribution >= 4 is 12.4 Å². The zero-order chi connectivity index (χ0) is 11.1. The van der Waals surface area contributed by atoms with Crippen molar-refractivity contribution in [1.82, 2.24) is 5.32 Å². The van der Waals surface area contributed by atoms with Crippen LogP contribution in [-0.2, 0) is 6.54 Å². The second-order valence-electron chi connectivity index (χ2n) is 3.16. The third-order valence-corrected chi connectivity index (χ3v) is 2.13. The first kappa shape index (κ1) is 15.1. The third-order valence-electron chi connectivity index (χ3n) is 2.13. The first-order valence-electron chi connectivity index (χ1n) is 5.32. The standard InChI is InChI=1S/C12H19NO2.ClH/c1-4-13-9-10-7-6-8-11(14-3)12(10)15-5-2;/h6-8,13H,4-5,9H2,1-3H3;1H. The molecule has 0 bridgehead atoms. The quantitative estimate of drug-likeness (QED) is 0.836. The molecule has 92 valence electrons. The van der Waals surface area contributed by atoms with E-state index < -0.39 is 0 Å². The van der Waals surface area contributed by atoms with E-state index in [9.17, 15) is 0 Å². The number of para-hydroxylation sites is 1. The fourth-order valence-electron chi connectivity index (χ4n) is 1.43. The summed E-state index contributed by atoms with van der Waals surface area (Å²) in [5, 5.41) is 3.28. The van der Waals surface area contributed by atoms with Gasteiger partial charge in [0.2, 0.25) is 0 Å². The van der Waals surface area contributed by atoms with Crippen molar-refractivity contribution in [3.63, 3.8) is 0 Å². The minimum absolute atomic E-state index is 0. The molecule has 0 saturated carbocycles. The van der Waals surface area contributed by atoms with E-state index in [0.717, 1.165) is 30.2 Å². The van der Waals surface area contributed by atoms with Gasteiger partial charge in [-0.2, -0.15) is 0 Å². The average molecular weight is 246 g/mol. The van der Waals surface area contributed by atoms with Crippen molar-refractivity contribution in [3.05, 3.63) is 23.8 Å². The van der Waals surface area contributed by atoms with Gasteiger partial charge in [0.1, 0.15) is 0 Å². The second kappa shape index (κ2) is 8.25. The van der Waals surface area contributed by atoms with E-state index in [1.807, 2.05) is 19.1 Å². The average Bonchev–Trinajstić information content (AvgIpc) is 2.28. The highest BCUT2D eigenvalue weighted by molar-refractivity contribution is 5.85. The Kier molecular flexibility index (Phi) is 7.77. The Balaban J connectivity index is 0.00000225. The van der Waals surface area contributed by atoms with E-state index in [0.29, 0.717) is 6.61 Å². The number of halogens is 1. The molecule has 0 fully saturated rings. The Hall–Kier alpha value is -0.930. The maximum Gasteiger partial charge on any atom is 0.165 e. The van der Waals surface area contributed by atoms with Gasteiger partial charge in [0, 0.05) is 12.1 Å². The minimum atomic E-state index is 0. The number of methoxy groups -OCH3 is 1. The number of benzene rings is 1. The molecular formula is C12H20ClNO2. The van der Waals surface area contributed by atoms with Crippen LogP contribution in [0.15, 0.2) is 18.2 Å². The summed E-state index contributed by atoms with van der Waals surface area (Å²) in [5.74, 6) is 1.65. The predicted molar refractivity (Wildman–Crippen MR) is 68.8 cm³/mol. The maximum atomic E-state index is 5.59. The van der Waals surface area contributed by atoms with Crippen LogP contribution < -0.4 is 14.8 Å². The van der Waals surface area contributed by atoms with Crippen LogP contribution in [-0.4, -0.2) is 20.3 Å². The minimum Gasteiger partial charge on any atom is -0.493 e. The zero-order valence-electron chi connectivity index (χ0n) is 10.1. The molecule has 0 aliphatic carbocycles.